The molecule has 0 aromatic heterocycles. The molecule has 0 amide bonds. The molecule has 4 N–H and O–H groups in total. The third kappa shape index (κ3) is 8450. The summed E-state index contributed by atoms with van der Waals surface area (Å²) in [7, 11) is 0. The fourth-order valence-electron chi connectivity index (χ4n) is 0. The van der Waals surface area contributed by atoms with Crippen LogP contribution in [0.5, 0.6) is 0 Å². The van der Waals surface area contributed by atoms with E-state index in [1.54, 1.807) is 0 Å². The molecule has 21 nitrogen and oxygen atoms in total. The van der Waals surface area contributed by atoms with E-state index in [1.165, 1.54) is 0 Å². The van der Waals surface area contributed by atoms with Crippen molar-refractivity contribution in [2.45, 2.75) is 0 Å². The molecule has 0 aromatic rings. The van der Waals surface area contributed by atoms with Crippen LogP contribution in [0.2, 0.25) is 0 Å². The normalized spacial score (nSPS) is 10.2. The second-order valence-electron chi connectivity index (χ2n) is 1.89. The summed E-state index contributed by atoms with van der Waals surface area (Å²) in [5, 5.41) is 0. The fourth-order valence-corrected chi connectivity index (χ4v) is 0. The molecule has 0 aromatic carbocycles. The van der Waals surface area contributed by atoms with Crippen molar-refractivity contribution in [3.8, 4) is 0 Å². The summed E-state index contributed by atoms with van der Waals surface area (Å²) >= 11 is -28.1. The third-order valence-corrected chi connectivity index (χ3v) is 0. The topological polar surface area (TPSA) is 406 Å². The molecular weight excluding hydrogens is 705 g/mol. The van der Waals surface area contributed by atoms with Crippen LogP contribution in [0.15, 0.2) is 0 Å². The Balaban J connectivity index is -0.0000000290. The molecule has 0 fully saturated rings. The standard InChI is InChI=1S/K.6Mn.H4O.20O/h;;;;;;;1H4;;;;;;;;;;;;;;;;;;;;/q+1;;;;;;2*+2;;;;;;;;;;;;;;;;5*-1. The van der Waals surface area contributed by atoms with E-state index in [-0.39, 0.29) is 73.9 Å². The Bertz CT molecular complexity index is 877. The van der Waals surface area contributed by atoms with Gasteiger partial charge in [0.25, 0.3) is 0 Å². The van der Waals surface area contributed by atoms with Crippen molar-refractivity contribution in [2.75, 3.05) is 0 Å². The summed E-state index contributed by atoms with van der Waals surface area (Å²) in [4.78, 5) is 0. The molecule has 0 unspecified atom stereocenters. The van der Waals surface area contributed by atoms with Crippen LogP contribution in [-0.4, -0.2) is 0 Å². The van der Waals surface area contributed by atoms with Gasteiger partial charge in [0.2, 0.25) is 0 Å². The first-order valence-corrected chi connectivity index (χ1v) is 12.7. The van der Waals surface area contributed by atoms with Gasteiger partial charge in [-0.2, -0.15) is 0 Å². The van der Waals surface area contributed by atoms with Crippen molar-refractivity contribution in [2.24, 2.45) is 0 Å². The van der Waals surface area contributed by atoms with E-state index >= 15 is 0 Å². The van der Waals surface area contributed by atoms with Gasteiger partial charge in [-0.15, -0.1) is 0 Å². The van der Waals surface area contributed by atoms with Gasteiger partial charge >= 0.3 is 212 Å². The minimum atomic E-state index is -5.62. The van der Waals surface area contributed by atoms with Crippen molar-refractivity contribution in [3.63, 3.8) is 0 Å². The Labute approximate surface area is 213 Å². The minimum absolute atomic E-state index is 0. The summed E-state index contributed by atoms with van der Waals surface area (Å²) in [5.74, 6) is 0. The van der Waals surface area contributed by atoms with Crippen LogP contribution in [0.4, 0.5) is 0 Å². The van der Waals surface area contributed by atoms with Crippen molar-refractivity contribution in [3.05, 3.63) is 0 Å². The molecule has 0 bridgehead atoms. The van der Waals surface area contributed by atoms with Gasteiger partial charge in [-0.05, 0) is 0 Å². The summed E-state index contributed by atoms with van der Waals surface area (Å²) in [6.45, 7) is 0. The molecule has 0 aliphatic rings. The van der Waals surface area contributed by atoms with Gasteiger partial charge in [0.05, 0.1) is 0 Å². The quantitative estimate of drug-likeness (QED) is 0.211. The van der Waals surface area contributed by atoms with E-state index < -0.39 is 64.9 Å². The van der Waals surface area contributed by atoms with Gasteiger partial charge in [0.15, 0.2) is 0 Å². The van der Waals surface area contributed by atoms with Crippen LogP contribution in [0, 0.1) is 0 Å². The molecule has 0 spiro atoms. The van der Waals surface area contributed by atoms with Crippen LogP contribution in [0.1, 0.15) is 0 Å². The molecule has 0 heterocycles. The molecule has 28 heavy (non-hydrogen) atoms. The average Bonchev–Trinajstić information content (AvgIpc) is 1.79. The summed E-state index contributed by atoms with van der Waals surface area (Å²) in [6.07, 6.45) is 0. The zero-order chi connectivity index (χ0) is 22.5. The van der Waals surface area contributed by atoms with Crippen LogP contribution in [0.25, 0.3) is 0 Å². The summed E-state index contributed by atoms with van der Waals surface area (Å²) < 4.78 is 172. The maximum atomic E-state index is 8.58. The average molecular weight is 709 g/mol. The number of hydrogen-bond acceptors (Lipinski definition) is 20. The molecule has 0 aliphatic carbocycles. The zero-order valence-corrected chi connectivity index (χ0v) is 22.3. The van der Waals surface area contributed by atoms with E-state index in [0.717, 1.165) is 0 Å². The summed E-state index contributed by atoms with van der Waals surface area (Å²) in [6, 6.07) is 0. The van der Waals surface area contributed by atoms with Gasteiger partial charge in [0.1, 0.15) is 0 Å². The third-order valence-electron chi connectivity index (χ3n) is 0. The van der Waals surface area contributed by atoms with Crippen LogP contribution >= 0.6 is 0 Å². The van der Waals surface area contributed by atoms with E-state index in [1.807, 2.05) is 0 Å². The van der Waals surface area contributed by atoms with Crippen molar-refractivity contribution < 1.29 is 217 Å². The molecule has 28 heteroatoms. The Morgan fingerprint density at radius 3 is 0.321 bits per heavy atom. The number of rotatable bonds is 0. The van der Waals surface area contributed by atoms with E-state index in [2.05, 4.69) is 0 Å². The zero-order valence-electron chi connectivity index (χ0n) is 12.1. The first-order valence-electron chi connectivity index (χ1n) is 3.09. The Morgan fingerprint density at radius 2 is 0.321 bits per heavy atom. The van der Waals surface area contributed by atoms with Gasteiger partial charge in [-0.25, -0.2) is 0 Å². The van der Waals surface area contributed by atoms with Crippen LogP contribution < -0.4 is 72.3 Å². The molecule has 0 atom stereocenters. The Hall–Kier alpha value is 1.51. The van der Waals surface area contributed by atoms with E-state index in [9.17, 15) is 0 Å². The van der Waals surface area contributed by atoms with Gasteiger partial charge in [-0.3, -0.25) is 0 Å². The molecule has 0 saturated carbocycles. The van der Waals surface area contributed by atoms with Crippen molar-refractivity contribution in [1.29, 1.82) is 0 Å². The van der Waals surface area contributed by atoms with E-state index in [4.69, 9.17) is 78.5 Å². The maximum absolute atomic E-state index is 8.58. The summed E-state index contributed by atoms with van der Waals surface area (Å²) in [5.41, 5.74) is 0. The Morgan fingerprint density at radius 1 is 0.321 bits per heavy atom. The molecule has 1 radical (unpaired) electrons. The van der Waals surface area contributed by atoms with Crippen LogP contribution in [0.3, 0.4) is 0 Å². The second kappa shape index (κ2) is 21.7. The van der Waals surface area contributed by atoms with E-state index in [0.29, 0.717) is 0 Å². The Kier molecular flexibility index (Phi) is 40.2. The number of hydrogen-bond donors (Lipinski definition) is 0. The molecule has 0 rings (SSSR count). The van der Waals surface area contributed by atoms with Crippen molar-refractivity contribution >= 4 is 0 Å². The second-order valence-corrected chi connectivity index (χ2v) is 7.79. The van der Waals surface area contributed by atoms with Gasteiger partial charge < -0.3 is 5.48 Å². The van der Waals surface area contributed by atoms with Crippen molar-refractivity contribution in [1.82, 2.24) is 0 Å². The predicted molar refractivity (Wildman–Crippen MR) is 16.6 cm³/mol. The van der Waals surface area contributed by atoms with Gasteiger partial charge in [-0.1, -0.05) is 0 Å². The fraction of sp³-hybridized carbons (Fsp3) is 0. The molecule has 0 aliphatic heterocycles. The van der Waals surface area contributed by atoms with Crippen LogP contribution in [-0.2, 0) is 145 Å². The predicted octanol–water partition coefficient (Wildman–Crippen LogP) is -11.9. The first-order chi connectivity index (χ1) is 10.0. The molecule has 173 valence electrons. The van der Waals surface area contributed by atoms with Gasteiger partial charge in [0, 0.05) is 0 Å². The molecular formula is H4KMn6O21. The first kappa shape index (κ1) is 51.8. The molecule has 0 saturated heterocycles. The monoisotopic (exact) mass is 709 g/mol. The SMILES string of the molecule is [K+].[Mn+2].[OH4+2].[O]=[Mn](=[O])(=[O])[O-].[O]=[Mn](=[O])(=[O])[O-].[O]=[Mn](=[O])(=[O])[O-].[O]=[Mn](=[O])(=[O])[O-].[O]=[Mn](=[O])(=[O])[O-].